The number of nitrogens with zero attached hydrogens (tertiary/aromatic N) is 4. The number of nitrogens with one attached hydrogen (secondary N) is 1. The first-order valence-corrected chi connectivity index (χ1v) is 8.81. The lowest BCUT2D eigenvalue weighted by atomic mass is 9.98. The van der Waals surface area contributed by atoms with Crippen LogP contribution in [0.15, 0.2) is 79.5 Å². The molecular formula is C21H14F3N5O. The highest BCUT2D eigenvalue weighted by molar-refractivity contribution is 6.08. The number of anilines is 1. The number of amides is 1. The van der Waals surface area contributed by atoms with Gasteiger partial charge >= 0.3 is 6.18 Å². The second kappa shape index (κ2) is 7.78. The van der Waals surface area contributed by atoms with E-state index in [0.717, 1.165) is 12.1 Å². The van der Waals surface area contributed by atoms with E-state index >= 15 is 0 Å². The monoisotopic (exact) mass is 409 g/mol. The third-order valence-corrected chi connectivity index (χ3v) is 4.35. The minimum atomic E-state index is -4.42. The lowest BCUT2D eigenvalue weighted by Gasteiger charge is -2.12. The van der Waals surface area contributed by atoms with Crippen LogP contribution < -0.4 is 5.32 Å². The van der Waals surface area contributed by atoms with E-state index in [-0.39, 0.29) is 0 Å². The second-order valence-electron chi connectivity index (χ2n) is 6.32. The second-order valence-corrected chi connectivity index (χ2v) is 6.32. The van der Waals surface area contributed by atoms with Gasteiger partial charge in [-0.25, -0.2) is 14.6 Å². The Kier molecular flexibility index (Phi) is 5.01. The predicted octanol–water partition coefficient (Wildman–Crippen LogP) is 4.60. The zero-order valence-corrected chi connectivity index (χ0v) is 15.3. The Morgan fingerprint density at radius 3 is 2.37 bits per heavy atom. The van der Waals surface area contributed by atoms with Gasteiger partial charge in [0.15, 0.2) is 5.82 Å². The first-order chi connectivity index (χ1) is 14.4. The van der Waals surface area contributed by atoms with Crippen molar-refractivity contribution in [2.24, 2.45) is 0 Å². The Morgan fingerprint density at radius 1 is 0.967 bits per heavy atom. The Balaban J connectivity index is 1.57. The highest BCUT2D eigenvalue weighted by atomic mass is 19.4. The summed E-state index contributed by atoms with van der Waals surface area (Å²) in [6.45, 7) is 0. The van der Waals surface area contributed by atoms with Gasteiger partial charge in [0.2, 0.25) is 0 Å². The molecule has 150 valence electrons. The highest BCUT2D eigenvalue weighted by Crippen LogP contribution is 2.32. The molecule has 0 aliphatic rings. The number of rotatable bonds is 4. The predicted molar refractivity (Wildman–Crippen MR) is 104 cm³/mol. The van der Waals surface area contributed by atoms with Gasteiger partial charge in [0.1, 0.15) is 12.7 Å². The largest absolute Gasteiger partial charge is 0.416 e. The van der Waals surface area contributed by atoms with Crippen molar-refractivity contribution in [2.75, 3.05) is 5.32 Å². The molecule has 9 heteroatoms. The van der Waals surface area contributed by atoms with E-state index in [1.54, 1.807) is 36.4 Å². The van der Waals surface area contributed by atoms with Crippen molar-refractivity contribution in [2.45, 2.75) is 6.18 Å². The van der Waals surface area contributed by atoms with Crippen LogP contribution in [0, 0.1) is 0 Å². The SMILES string of the molecule is O=C(Nc1ccc(-n2cncn2)nc1)c1ccccc1-c1ccc(C(F)(F)F)cc1. The molecule has 30 heavy (non-hydrogen) atoms. The lowest BCUT2D eigenvalue weighted by Crippen LogP contribution is -2.13. The molecule has 0 spiro atoms. The summed E-state index contributed by atoms with van der Waals surface area (Å²) in [5.74, 6) is 0.136. The lowest BCUT2D eigenvalue weighted by molar-refractivity contribution is -0.137. The Bertz CT molecular complexity index is 1150. The number of benzene rings is 2. The summed E-state index contributed by atoms with van der Waals surface area (Å²) < 4.78 is 39.9. The fourth-order valence-corrected chi connectivity index (χ4v) is 2.89. The van der Waals surface area contributed by atoms with Crippen LogP contribution in [0.1, 0.15) is 15.9 Å². The number of hydrogen-bond acceptors (Lipinski definition) is 4. The summed E-state index contributed by atoms with van der Waals surface area (Å²) >= 11 is 0. The van der Waals surface area contributed by atoms with Crippen molar-refractivity contribution in [3.8, 4) is 16.9 Å². The first kappa shape index (κ1) is 19.3. The highest BCUT2D eigenvalue weighted by Gasteiger charge is 2.30. The van der Waals surface area contributed by atoms with Crippen LogP contribution in [-0.2, 0) is 6.18 Å². The molecule has 0 unspecified atom stereocenters. The van der Waals surface area contributed by atoms with Crippen molar-refractivity contribution in [3.63, 3.8) is 0 Å². The van der Waals surface area contributed by atoms with E-state index in [1.165, 1.54) is 35.7 Å². The van der Waals surface area contributed by atoms with Crippen molar-refractivity contribution in [3.05, 3.63) is 90.6 Å². The molecule has 1 amide bonds. The van der Waals surface area contributed by atoms with E-state index < -0.39 is 17.6 Å². The summed E-state index contributed by atoms with van der Waals surface area (Å²) in [5.41, 5.74) is 1.08. The molecular weight excluding hydrogens is 395 g/mol. The number of aromatic nitrogens is 4. The molecule has 0 fully saturated rings. The summed E-state index contributed by atoms with van der Waals surface area (Å²) in [6.07, 6.45) is -0.0487. The van der Waals surface area contributed by atoms with Gasteiger partial charge in [-0.3, -0.25) is 4.79 Å². The molecule has 0 atom stereocenters. The maximum absolute atomic E-state index is 12.8. The number of carbonyl (C=O) groups is 1. The third-order valence-electron chi connectivity index (χ3n) is 4.35. The van der Waals surface area contributed by atoms with Gasteiger partial charge in [0.05, 0.1) is 17.4 Å². The average molecular weight is 409 g/mol. The number of pyridine rings is 1. The smallest absolute Gasteiger partial charge is 0.321 e. The molecule has 2 aromatic heterocycles. The Hall–Kier alpha value is -4.01. The standard InChI is InChI=1S/C21H14F3N5O/c22-21(23,24)15-7-5-14(6-8-15)17-3-1-2-4-18(17)20(30)28-16-9-10-19(26-11-16)29-13-25-12-27-29/h1-13H,(H,28,30). The Labute approximate surface area is 169 Å². The molecule has 0 aliphatic carbocycles. The quantitative estimate of drug-likeness (QED) is 0.535. The molecule has 6 nitrogen and oxygen atoms in total. The van der Waals surface area contributed by atoms with E-state index in [1.807, 2.05) is 0 Å². The fraction of sp³-hybridized carbons (Fsp3) is 0.0476. The first-order valence-electron chi connectivity index (χ1n) is 8.81. The molecule has 4 aromatic rings. The minimum absolute atomic E-state index is 0.331. The van der Waals surface area contributed by atoms with Crippen LogP contribution in [0.25, 0.3) is 16.9 Å². The molecule has 0 bridgehead atoms. The van der Waals surface area contributed by atoms with Crippen molar-refractivity contribution in [1.82, 2.24) is 19.7 Å². The zero-order valence-electron chi connectivity index (χ0n) is 15.3. The summed E-state index contributed by atoms with van der Waals surface area (Å²) in [5, 5.41) is 6.73. The van der Waals surface area contributed by atoms with Crippen LogP contribution in [-0.4, -0.2) is 25.7 Å². The van der Waals surface area contributed by atoms with Crippen LogP contribution >= 0.6 is 0 Å². The zero-order chi connectivity index (χ0) is 21.1. The van der Waals surface area contributed by atoms with Gasteiger partial charge in [0, 0.05) is 5.56 Å². The molecule has 0 aliphatic heterocycles. The third kappa shape index (κ3) is 4.04. The van der Waals surface area contributed by atoms with Crippen LogP contribution in [0.5, 0.6) is 0 Å². The van der Waals surface area contributed by atoms with Crippen LogP contribution in [0.3, 0.4) is 0 Å². The van der Waals surface area contributed by atoms with E-state index in [2.05, 4.69) is 20.4 Å². The minimum Gasteiger partial charge on any atom is -0.321 e. The van der Waals surface area contributed by atoms with Gasteiger partial charge in [-0.2, -0.15) is 18.3 Å². The number of carbonyl (C=O) groups excluding carboxylic acids is 1. The van der Waals surface area contributed by atoms with E-state index in [9.17, 15) is 18.0 Å². The molecule has 1 N–H and O–H groups in total. The number of alkyl halides is 3. The normalized spacial score (nSPS) is 11.3. The van der Waals surface area contributed by atoms with Crippen molar-refractivity contribution in [1.29, 1.82) is 0 Å². The molecule has 2 aromatic carbocycles. The van der Waals surface area contributed by atoms with Crippen LogP contribution in [0.4, 0.5) is 18.9 Å². The molecule has 0 saturated heterocycles. The molecule has 0 radical (unpaired) electrons. The van der Waals surface area contributed by atoms with Gasteiger partial charge in [-0.15, -0.1) is 0 Å². The average Bonchev–Trinajstić information content (AvgIpc) is 3.29. The van der Waals surface area contributed by atoms with Gasteiger partial charge < -0.3 is 5.32 Å². The fourth-order valence-electron chi connectivity index (χ4n) is 2.89. The van der Waals surface area contributed by atoms with Gasteiger partial charge in [-0.05, 0) is 41.5 Å². The molecule has 0 saturated carbocycles. The summed E-state index contributed by atoms with van der Waals surface area (Å²) in [4.78, 5) is 20.9. The van der Waals surface area contributed by atoms with Crippen LogP contribution in [0.2, 0.25) is 0 Å². The van der Waals surface area contributed by atoms with E-state index in [0.29, 0.717) is 28.2 Å². The maximum atomic E-state index is 12.8. The Morgan fingerprint density at radius 2 is 1.73 bits per heavy atom. The van der Waals surface area contributed by atoms with Crippen molar-refractivity contribution < 1.29 is 18.0 Å². The number of hydrogen-bond donors (Lipinski definition) is 1. The van der Waals surface area contributed by atoms with Crippen molar-refractivity contribution >= 4 is 11.6 Å². The molecule has 4 rings (SSSR count). The van der Waals surface area contributed by atoms with Gasteiger partial charge in [-0.1, -0.05) is 30.3 Å². The maximum Gasteiger partial charge on any atom is 0.416 e. The van der Waals surface area contributed by atoms with E-state index in [4.69, 9.17) is 0 Å². The summed E-state index contributed by atoms with van der Waals surface area (Å²) in [6, 6.07) is 14.7. The summed E-state index contributed by atoms with van der Waals surface area (Å²) in [7, 11) is 0. The topological polar surface area (TPSA) is 72.7 Å². The van der Waals surface area contributed by atoms with Gasteiger partial charge in [0.25, 0.3) is 5.91 Å². The molecule has 2 heterocycles. The number of halogens is 3.